The van der Waals surface area contributed by atoms with E-state index >= 15 is 0 Å². The number of carbonyl (C=O) groups excluding carboxylic acids is 2. The molecule has 2 rings (SSSR count). The van der Waals surface area contributed by atoms with Crippen LogP contribution in [0.15, 0.2) is 27.6 Å². The van der Waals surface area contributed by atoms with E-state index in [0.29, 0.717) is 6.54 Å². The molecule has 0 radical (unpaired) electrons. The van der Waals surface area contributed by atoms with Crippen molar-refractivity contribution >= 4 is 39.6 Å². The fourth-order valence-corrected chi connectivity index (χ4v) is 3.47. The zero-order valence-corrected chi connectivity index (χ0v) is 15.4. The van der Waals surface area contributed by atoms with Gasteiger partial charge < -0.3 is 14.8 Å². The maximum atomic E-state index is 11.7. The third-order valence-corrected chi connectivity index (χ3v) is 5.04. The molecule has 0 saturated carbocycles. The van der Waals surface area contributed by atoms with Gasteiger partial charge in [0.1, 0.15) is 0 Å². The largest absolute Gasteiger partial charge is 0.455 e. The minimum absolute atomic E-state index is 0.0885. The number of nitrogens with one attached hydrogen (secondary N) is 1. The number of benzene rings is 1. The summed E-state index contributed by atoms with van der Waals surface area (Å²) in [7, 11) is 0. The first kappa shape index (κ1) is 18.3. The molecule has 1 aliphatic rings. The normalized spacial score (nSPS) is 17.0. The molecule has 126 valence electrons. The Balaban J connectivity index is 1.63. The smallest absolute Gasteiger partial charge is 0.316 e. The number of rotatable bonds is 7. The molecule has 1 saturated heterocycles. The molecule has 1 heterocycles. The third-order valence-electron chi connectivity index (χ3n) is 3.40. The lowest BCUT2D eigenvalue weighted by Crippen LogP contribution is -2.35. The number of ether oxygens (including phenoxy) is 2. The van der Waals surface area contributed by atoms with Gasteiger partial charge in [0, 0.05) is 22.5 Å². The summed E-state index contributed by atoms with van der Waals surface area (Å²) in [5.74, 6) is -0.509. The van der Waals surface area contributed by atoms with E-state index in [1.165, 1.54) is 11.8 Å². The van der Waals surface area contributed by atoms with Gasteiger partial charge in [-0.3, -0.25) is 9.59 Å². The van der Waals surface area contributed by atoms with E-state index in [9.17, 15) is 9.59 Å². The minimum Gasteiger partial charge on any atom is -0.455 e. The van der Waals surface area contributed by atoms with Crippen molar-refractivity contribution in [3.8, 4) is 0 Å². The molecule has 1 N–H and O–H groups in total. The highest BCUT2D eigenvalue weighted by molar-refractivity contribution is 9.10. The number of hydrogen-bond donors (Lipinski definition) is 1. The van der Waals surface area contributed by atoms with E-state index in [2.05, 4.69) is 21.2 Å². The molecular weight excluding hydrogens is 382 g/mol. The van der Waals surface area contributed by atoms with Gasteiger partial charge in [0.15, 0.2) is 6.61 Å². The molecule has 0 aliphatic carbocycles. The summed E-state index contributed by atoms with van der Waals surface area (Å²) in [6.07, 6.45) is 2.08. The number of carbonyl (C=O) groups is 2. The number of halogens is 1. The maximum Gasteiger partial charge on any atom is 0.316 e. The second-order valence-electron chi connectivity index (χ2n) is 5.30. The molecule has 1 amide bonds. The molecular formula is C16H20BrNO4S. The molecule has 1 atom stereocenters. The molecule has 0 unspecified atom stereocenters. The van der Waals surface area contributed by atoms with E-state index in [-0.39, 0.29) is 24.4 Å². The van der Waals surface area contributed by atoms with E-state index < -0.39 is 5.97 Å². The summed E-state index contributed by atoms with van der Waals surface area (Å²) in [4.78, 5) is 24.3. The van der Waals surface area contributed by atoms with Crippen molar-refractivity contribution in [2.24, 2.45) is 0 Å². The van der Waals surface area contributed by atoms with Crippen LogP contribution >= 0.6 is 27.7 Å². The maximum absolute atomic E-state index is 11.7. The van der Waals surface area contributed by atoms with Crippen LogP contribution in [0.25, 0.3) is 0 Å². The summed E-state index contributed by atoms with van der Waals surface area (Å²) in [5, 5.41) is 2.72. The van der Waals surface area contributed by atoms with Crippen molar-refractivity contribution in [1.82, 2.24) is 5.32 Å². The minimum atomic E-state index is -0.399. The van der Waals surface area contributed by atoms with Crippen LogP contribution in [-0.2, 0) is 19.1 Å². The fraction of sp³-hybridized carbons (Fsp3) is 0.500. The van der Waals surface area contributed by atoms with Crippen molar-refractivity contribution in [3.05, 3.63) is 28.2 Å². The molecule has 1 aromatic carbocycles. The topological polar surface area (TPSA) is 64.6 Å². The van der Waals surface area contributed by atoms with Gasteiger partial charge in [-0.2, -0.15) is 0 Å². The van der Waals surface area contributed by atoms with E-state index in [0.717, 1.165) is 34.4 Å². The van der Waals surface area contributed by atoms with Crippen molar-refractivity contribution in [3.63, 3.8) is 0 Å². The van der Waals surface area contributed by atoms with Gasteiger partial charge in [0.2, 0.25) is 0 Å². The highest BCUT2D eigenvalue weighted by Gasteiger charge is 2.16. The quantitative estimate of drug-likeness (QED) is 0.561. The lowest BCUT2D eigenvalue weighted by molar-refractivity contribution is -0.146. The van der Waals surface area contributed by atoms with Crippen LogP contribution in [0.3, 0.4) is 0 Å². The van der Waals surface area contributed by atoms with E-state index in [1.807, 2.05) is 25.1 Å². The standard InChI is InChI=1S/C16H20BrNO4S/c1-11-7-12(17)4-5-14(11)23-10-16(20)22-9-15(19)18-8-13-3-2-6-21-13/h4-5,7,13H,2-3,6,8-10H2,1H3,(H,18,19)/t13-/m0/s1. The first-order valence-corrected chi connectivity index (χ1v) is 9.25. The monoisotopic (exact) mass is 401 g/mol. The van der Waals surface area contributed by atoms with Gasteiger partial charge in [0.25, 0.3) is 5.91 Å². The third kappa shape index (κ3) is 6.53. The highest BCUT2D eigenvalue weighted by atomic mass is 79.9. The molecule has 1 fully saturated rings. The number of thioether (sulfide) groups is 1. The van der Waals surface area contributed by atoms with Crippen LogP contribution in [0.4, 0.5) is 0 Å². The first-order chi connectivity index (χ1) is 11.0. The Hall–Kier alpha value is -1.05. The predicted molar refractivity (Wildman–Crippen MR) is 92.5 cm³/mol. The molecule has 1 aromatic rings. The van der Waals surface area contributed by atoms with Gasteiger partial charge in [0.05, 0.1) is 11.9 Å². The van der Waals surface area contributed by atoms with Gasteiger partial charge in [-0.25, -0.2) is 0 Å². The predicted octanol–water partition coefficient (Wildman–Crippen LogP) is 2.69. The van der Waals surface area contributed by atoms with Crippen molar-refractivity contribution in [2.45, 2.75) is 30.8 Å². The zero-order chi connectivity index (χ0) is 16.7. The van der Waals surface area contributed by atoms with Crippen LogP contribution in [0, 0.1) is 6.92 Å². The Morgan fingerprint density at radius 2 is 2.30 bits per heavy atom. The Morgan fingerprint density at radius 3 is 3.00 bits per heavy atom. The van der Waals surface area contributed by atoms with Crippen molar-refractivity contribution < 1.29 is 19.1 Å². The van der Waals surface area contributed by atoms with Gasteiger partial charge >= 0.3 is 5.97 Å². The molecule has 0 spiro atoms. The Kier molecular flexibility index (Phi) is 7.39. The Bertz CT molecular complexity index is 561. The fourth-order valence-electron chi connectivity index (χ4n) is 2.18. The first-order valence-electron chi connectivity index (χ1n) is 7.47. The Labute approximate surface area is 148 Å². The molecule has 5 nitrogen and oxygen atoms in total. The lowest BCUT2D eigenvalue weighted by atomic mass is 10.2. The van der Waals surface area contributed by atoms with Crippen molar-refractivity contribution in [2.75, 3.05) is 25.5 Å². The van der Waals surface area contributed by atoms with Crippen LogP contribution in [0.5, 0.6) is 0 Å². The number of amides is 1. The van der Waals surface area contributed by atoms with Gasteiger partial charge in [-0.05, 0) is 43.5 Å². The second-order valence-corrected chi connectivity index (χ2v) is 7.23. The van der Waals surface area contributed by atoms with E-state index in [4.69, 9.17) is 9.47 Å². The molecule has 0 aromatic heterocycles. The highest BCUT2D eigenvalue weighted by Crippen LogP contribution is 2.25. The summed E-state index contributed by atoms with van der Waals surface area (Å²) in [5.41, 5.74) is 1.09. The summed E-state index contributed by atoms with van der Waals surface area (Å²) < 4.78 is 11.4. The van der Waals surface area contributed by atoms with Crippen LogP contribution in [-0.4, -0.2) is 43.5 Å². The number of aryl methyl sites for hydroxylation is 1. The summed E-state index contributed by atoms with van der Waals surface area (Å²) in [6.45, 7) is 2.97. The van der Waals surface area contributed by atoms with Crippen molar-refractivity contribution in [1.29, 1.82) is 0 Å². The molecule has 0 bridgehead atoms. The second kappa shape index (κ2) is 9.30. The number of hydrogen-bond acceptors (Lipinski definition) is 5. The average Bonchev–Trinajstić information content (AvgIpc) is 3.03. The Morgan fingerprint density at radius 1 is 1.48 bits per heavy atom. The summed E-state index contributed by atoms with van der Waals surface area (Å²) >= 11 is 4.80. The van der Waals surface area contributed by atoms with Crippen LogP contribution in [0.1, 0.15) is 18.4 Å². The zero-order valence-electron chi connectivity index (χ0n) is 13.0. The average molecular weight is 402 g/mol. The lowest BCUT2D eigenvalue weighted by Gasteiger charge is -2.11. The SMILES string of the molecule is Cc1cc(Br)ccc1SCC(=O)OCC(=O)NC[C@@H]1CCCO1. The van der Waals surface area contributed by atoms with E-state index in [1.54, 1.807) is 0 Å². The summed E-state index contributed by atoms with van der Waals surface area (Å²) in [6, 6.07) is 5.87. The van der Waals surface area contributed by atoms with Crippen LogP contribution in [0.2, 0.25) is 0 Å². The van der Waals surface area contributed by atoms with Gasteiger partial charge in [-0.15, -0.1) is 11.8 Å². The van der Waals surface area contributed by atoms with Crippen LogP contribution < -0.4 is 5.32 Å². The molecule has 23 heavy (non-hydrogen) atoms. The molecule has 7 heteroatoms. The molecule has 1 aliphatic heterocycles. The number of esters is 1. The van der Waals surface area contributed by atoms with Gasteiger partial charge in [-0.1, -0.05) is 15.9 Å².